The van der Waals surface area contributed by atoms with Crippen LogP contribution in [-0.2, 0) is 0 Å². The molecule has 0 heterocycles. The number of halogens is 1. The Kier molecular flexibility index (Phi) is 5.35. The molecule has 0 spiro atoms. The topological polar surface area (TPSA) is 38.0 Å². The zero-order valence-electron chi connectivity index (χ0n) is 9.86. The number of hydrogen-bond acceptors (Lipinski definition) is 3. The predicted octanol–water partition coefficient (Wildman–Crippen LogP) is 3.56. The fourth-order valence-corrected chi connectivity index (χ4v) is 3.46. The zero-order valence-corrected chi connectivity index (χ0v) is 12.3. The van der Waals surface area contributed by atoms with E-state index in [1.165, 1.54) is 35.1 Å². The van der Waals surface area contributed by atoms with Crippen molar-refractivity contribution in [2.75, 3.05) is 5.75 Å². The maximum absolute atomic E-state index is 5.61. The van der Waals surface area contributed by atoms with Gasteiger partial charge in [-0.1, -0.05) is 25.0 Å². The van der Waals surface area contributed by atoms with Gasteiger partial charge in [0.25, 0.3) is 0 Å². The summed E-state index contributed by atoms with van der Waals surface area (Å²) in [5.74, 6) is 7.63. The Hall–Kier alpha value is -0.0300. The molecule has 2 rings (SSSR count). The van der Waals surface area contributed by atoms with Crippen LogP contribution in [0.5, 0.6) is 0 Å². The number of benzene rings is 1. The third kappa shape index (κ3) is 4.62. The van der Waals surface area contributed by atoms with E-state index in [1.807, 2.05) is 17.8 Å². The lowest BCUT2D eigenvalue weighted by Gasteiger charge is -2.15. The van der Waals surface area contributed by atoms with Crippen LogP contribution in [0.25, 0.3) is 0 Å². The van der Waals surface area contributed by atoms with E-state index in [1.54, 1.807) is 0 Å². The van der Waals surface area contributed by atoms with Gasteiger partial charge in [-0.3, -0.25) is 11.3 Å². The van der Waals surface area contributed by atoms with E-state index in [-0.39, 0.29) is 0 Å². The summed E-state index contributed by atoms with van der Waals surface area (Å²) < 4.78 is 1.17. The number of nitrogens with two attached hydrogens (primary N) is 1. The molecule has 0 saturated heterocycles. The van der Waals surface area contributed by atoms with Crippen molar-refractivity contribution in [3.8, 4) is 0 Å². The fourth-order valence-electron chi connectivity index (χ4n) is 1.81. The molecule has 1 aromatic carbocycles. The molecule has 1 atom stereocenters. The minimum absolute atomic E-state index is 0.424. The smallest absolute Gasteiger partial charge is 0.0311 e. The van der Waals surface area contributed by atoms with Gasteiger partial charge in [0.15, 0.2) is 0 Å². The van der Waals surface area contributed by atoms with Crippen molar-refractivity contribution in [3.63, 3.8) is 0 Å². The van der Waals surface area contributed by atoms with Gasteiger partial charge in [-0.15, -0.1) is 11.8 Å². The first-order valence-electron chi connectivity index (χ1n) is 6.13. The lowest BCUT2D eigenvalue weighted by atomic mass is 10.1. The number of thioether (sulfide) groups is 1. The molecule has 0 aromatic heterocycles. The molecule has 1 aliphatic carbocycles. The molecule has 2 nitrogen and oxygen atoms in total. The largest absolute Gasteiger partial charge is 0.271 e. The summed E-state index contributed by atoms with van der Waals surface area (Å²) in [5, 5.41) is 0. The normalized spacial score (nSPS) is 17.1. The van der Waals surface area contributed by atoms with Crippen LogP contribution < -0.4 is 11.3 Å². The van der Waals surface area contributed by atoms with Gasteiger partial charge < -0.3 is 0 Å². The fraction of sp³-hybridized carbons (Fsp3) is 0.538. The lowest BCUT2D eigenvalue weighted by molar-refractivity contribution is 0.501. The quantitative estimate of drug-likeness (QED) is 0.459. The molecule has 1 aliphatic rings. The van der Waals surface area contributed by atoms with Crippen molar-refractivity contribution in [2.24, 2.45) is 11.8 Å². The summed E-state index contributed by atoms with van der Waals surface area (Å²) in [6.07, 6.45) is 5.37. The van der Waals surface area contributed by atoms with Gasteiger partial charge in [-0.05, 0) is 46.8 Å². The van der Waals surface area contributed by atoms with Crippen molar-refractivity contribution < 1.29 is 0 Å². The van der Waals surface area contributed by atoms with E-state index in [9.17, 15) is 0 Å². The Morgan fingerprint density at radius 2 is 2.18 bits per heavy atom. The second-order valence-electron chi connectivity index (χ2n) is 4.63. The lowest BCUT2D eigenvalue weighted by Crippen LogP contribution is -2.37. The van der Waals surface area contributed by atoms with Gasteiger partial charge in [-0.25, -0.2) is 0 Å². The summed E-state index contributed by atoms with van der Waals surface area (Å²) in [7, 11) is 0. The minimum atomic E-state index is 0.424. The number of nitrogens with one attached hydrogen (secondary N) is 1. The van der Waals surface area contributed by atoms with Crippen LogP contribution in [0.2, 0.25) is 0 Å². The summed E-state index contributed by atoms with van der Waals surface area (Å²) in [5.41, 5.74) is 2.94. The molecule has 1 unspecified atom stereocenters. The second-order valence-corrected chi connectivity index (χ2v) is 6.54. The van der Waals surface area contributed by atoms with E-state index in [0.717, 1.165) is 11.7 Å². The third-order valence-corrected chi connectivity index (χ3v) is 5.32. The van der Waals surface area contributed by atoms with Crippen LogP contribution in [-0.4, -0.2) is 11.8 Å². The van der Waals surface area contributed by atoms with Gasteiger partial charge >= 0.3 is 0 Å². The summed E-state index contributed by atoms with van der Waals surface area (Å²) in [6, 6.07) is 8.76. The molecule has 3 N–H and O–H groups in total. The SMILES string of the molecule is NNC(CCC1CC1)CSc1ccccc1Br. The first-order chi connectivity index (χ1) is 8.29. The first-order valence-corrected chi connectivity index (χ1v) is 7.91. The van der Waals surface area contributed by atoms with Crippen molar-refractivity contribution in [1.29, 1.82) is 0 Å². The van der Waals surface area contributed by atoms with E-state index in [2.05, 4.69) is 39.6 Å². The van der Waals surface area contributed by atoms with E-state index in [4.69, 9.17) is 5.84 Å². The van der Waals surface area contributed by atoms with Crippen LogP contribution in [0.1, 0.15) is 25.7 Å². The van der Waals surface area contributed by atoms with E-state index in [0.29, 0.717) is 6.04 Å². The van der Waals surface area contributed by atoms with Crippen molar-refractivity contribution in [2.45, 2.75) is 36.6 Å². The van der Waals surface area contributed by atoms with Crippen molar-refractivity contribution in [3.05, 3.63) is 28.7 Å². The van der Waals surface area contributed by atoms with Crippen molar-refractivity contribution in [1.82, 2.24) is 5.43 Å². The predicted molar refractivity (Wildman–Crippen MR) is 77.9 cm³/mol. The second kappa shape index (κ2) is 6.78. The molecular formula is C13H19BrN2S. The van der Waals surface area contributed by atoms with Gasteiger partial charge in [0.2, 0.25) is 0 Å². The zero-order chi connectivity index (χ0) is 12.1. The summed E-state index contributed by atoms with van der Waals surface area (Å²) in [6.45, 7) is 0. The van der Waals surface area contributed by atoms with Crippen LogP contribution in [0.3, 0.4) is 0 Å². The minimum Gasteiger partial charge on any atom is -0.271 e. The average molecular weight is 315 g/mol. The number of hydrazine groups is 1. The highest BCUT2D eigenvalue weighted by molar-refractivity contribution is 9.10. The molecule has 1 fully saturated rings. The first kappa shape index (κ1) is 13.4. The molecule has 0 bridgehead atoms. The molecule has 0 aliphatic heterocycles. The molecule has 4 heteroatoms. The van der Waals surface area contributed by atoms with E-state index >= 15 is 0 Å². The van der Waals surface area contributed by atoms with Gasteiger partial charge in [0.1, 0.15) is 0 Å². The molecule has 94 valence electrons. The Bertz CT molecular complexity index is 355. The van der Waals surface area contributed by atoms with E-state index < -0.39 is 0 Å². The summed E-state index contributed by atoms with van der Waals surface area (Å²) in [4.78, 5) is 1.29. The maximum Gasteiger partial charge on any atom is 0.0311 e. The highest BCUT2D eigenvalue weighted by Crippen LogP contribution is 2.34. The highest BCUT2D eigenvalue weighted by Gasteiger charge is 2.22. The Morgan fingerprint density at radius 1 is 1.41 bits per heavy atom. The Balaban J connectivity index is 1.76. The molecule has 0 radical (unpaired) electrons. The molecule has 17 heavy (non-hydrogen) atoms. The van der Waals surface area contributed by atoms with Crippen LogP contribution in [0.4, 0.5) is 0 Å². The van der Waals surface area contributed by atoms with Crippen molar-refractivity contribution >= 4 is 27.7 Å². The molecule has 1 saturated carbocycles. The van der Waals surface area contributed by atoms with Gasteiger partial charge in [0.05, 0.1) is 0 Å². The molecular weight excluding hydrogens is 296 g/mol. The average Bonchev–Trinajstić information content (AvgIpc) is 3.15. The number of hydrogen-bond donors (Lipinski definition) is 2. The number of rotatable bonds is 7. The third-order valence-electron chi connectivity index (χ3n) is 3.13. The standard InChI is InChI=1S/C13H19BrN2S/c14-12-3-1-2-4-13(12)17-9-11(16-15)8-7-10-5-6-10/h1-4,10-11,16H,5-9,15H2. The Labute approximate surface area is 116 Å². The van der Waals surface area contributed by atoms with Gasteiger partial charge in [0, 0.05) is 21.2 Å². The monoisotopic (exact) mass is 314 g/mol. The van der Waals surface area contributed by atoms with Crippen LogP contribution in [0.15, 0.2) is 33.6 Å². The molecule has 0 amide bonds. The Morgan fingerprint density at radius 3 is 2.82 bits per heavy atom. The molecule has 1 aromatic rings. The summed E-state index contributed by atoms with van der Waals surface area (Å²) >= 11 is 5.43. The highest BCUT2D eigenvalue weighted by atomic mass is 79.9. The maximum atomic E-state index is 5.61. The van der Waals surface area contributed by atoms with Crippen LogP contribution in [0, 0.1) is 5.92 Å². The van der Waals surface area contributed by atoms with Crippen LogP contribution >= 0.6 is 27.7 Å². The van der Waals surface area contributed by atoms with Gasteiger partial charge in [-0.2, -0.15) is 0 Å².